The molecule has 1 spiro atoms. The van der Waals surface area contributed by atoms with Crippen molar-refractivity contribution in [3.8, 4) is 0 Å². The molecule has 7 heteroatoms. The molecular formula is C20H21N3O3S. The minimum atomic E-state index is -0.657. The number of thiophene rings is 1. The monoisotopic (exact) mass is 383 g/mol. The minimum absolute atomic E-state index is 0.0640. The standard InChI is InChI=1S/C20H21N3O3S/c24-17(21-12-15-7-4-10-27-15)16-11-20(19(26)22-16)8-9-23(13-20)18(25)14-5-2-1-3-6-14/h1-7,10,16H,8-9,11-13H2,(H,21,24)(H,22,26)/t16-,20+/m0/s1. The van der Waals surface area contributed by atoms with E-state index in [1.165, 1.54) is 0 Å². The van der Waals surface area contributed by atoms with Gasteiger partial charge in [-0.05, 0) is 36.4 Å². The predicted molar refractivity (Wildman–Crippen MR) is 102 cm³/mol. The van der Waals surface area contributed by atoms with E-state index in [4.69, 9.17) is 0 Å². The Morgan fingerprint density at radius 2 is 2.04 bits per heavy atom. The molecule has 3 amide bonds. The second kappa shape index (κ2) is 7.15. The van der Waals surface area contributed by atoms with Gasteiger partial charge in [-0.15, -0.1) is 11.3 Å². The Hall–Kier alpha value is -2.67. The van der Waals surface area contributed by atoms with Crippen LogP contribution in [0.2, 0.25) is 0 Å². The highest BCUT2D eigenvalue weighted by Crippen LogP contribution is 2.40. The number of likely N-dealkylation sites (tertiary alicyclic amines) is 1. The first kappa shape index (κ1) is 17.7. The van der Waals surface area contributed by atoms with Gasteiger partial charge in [-0.3, -0.25) is 14.4 Å². The van der Waals surface area contributed by atoms with Gasteiger partial charge >= 0.3 is 0 Å². The molecule has 2 aromatic rings. The Labute approximate surface area is 161 Å². The average molecular weight is 383 g/mol. The Morgan fingerprint density at radius 1 is 1.22 bits per heavy atom. The van der Waals surface area contributed by atoms with E-state index < -0.39 is 11.5 Å². The Balaban J connectivity index is 1.38. The van der Waals surface area contributed by atoms with Gasteiger partial charge in [0.2, 0.25) is 11.8 Å². The zero-order chi connectivity index (χ0) is 18.9. The third-order valence-electron chi connectivity index (χ3n) is 5.38. The van der Waals surface area contributed by atoms with Crippen molar-refractivity contribution in [2.24, 2.45) is 5.41 Å². The summed E-state index contributed by atoms with van der Waals surface area (Å²) in [5.41, 5.74) is -0.0340. The van der Waals surface area contributed by atoms with Gasteiger partial charge < -0.3 is 15.5 Å². The van der Waals surface area contributed by atoms with Crippen LogP contribution in [0.4, 0.5) is 0 Å². The summed E-state index contributed by atoms with van der Waals surface area (Å²) in [4.78, 5) is 40.5. The molecule has 0 radical (unpaired) electrons. The fourth-order valence-corrected chi connectivity index (χ4v) is 4.52. The van der Waals surface area contributed by atoms with Crippen molar-refractivity contribution in [2.75, 3.05) is 13.1 Å². The van der Waals surface area contributed by atoms with Crippen molar-refractivity contribution >= 4 is 29.1 Å². The fraction of sp³-hybridized carbons (Fsp3) is 0.350. The number of benzene rings is 1. The molecule has 2 atom stereocenters. The van der Waals surface area contributed by atoms with Crippen LogP contribution >= 0.6 is 11.3 Å². The van der Waals surface area contributed by atoms with Gasteiger partial charge in [0.15, 0.2) is 0 Å². The van der Waals surface area contributed by atoms with Crippen LogP contribution in [0.5, 0.6) is 0 Å². The normalized spacial score (nSPS) is 24.2. The number of amides is 3. The smallest absolute Gasteiger partial charge is 0.253 e. The predicted octanol–water partition coefficient (Wildman–Crippen LogP) is 1.79. The third kappa shape index (κ3) is 3.47. The highest BCUT2D eigenvalue weighted by atomic mass is 32.1. The van der Waals surface area contributed by atoms with Gasteiger partial charge in [0.05, 0.1) is 12.0 Å². The van der Waals surface area contributed by atoms with Crippen molar-refractivity contribution in [1.29, 1.82) is 0 Å². The third-order valence-corrected chi connectivity index (χ3v) is 6.25. The highest BCUT2D eigenvalue weighted by Gasteiger charge is 2.53. The molecule has 0 bridgehead atoms. The Morgan fingerprint density at radius 3 is 2.78 bits per heavy atom. The van der Waals surface area contributed by atoms with Crippen LogP contribution in [0.1, 0.15) is 28.1 Å². The van der Waals surface area contributed by atoms with Crippen molar-refractivity contribution in [2.45, 2.75) is 25.4 Å². The summed E-state index contributed by atoms with van der Waals surface area (Å²) in [7, 11) is 0. The molecule has 2 fully saturated rings. The summed E-state index contributed by atoms with van der Waals surface area (Å²) in [6, 6.07) is 12.4. The van der Waals surface area contributed by atoms with Crippen molar-refractivity contribution < 1.29 is 14.4 Å². The summed E-state index contributed by atoms with van der Waals surface area (Å²) in [5, 5.41) is 7.68. The van der Waals surface area contributed by atoms with Gasteiger partial charge in [0.25, 0.3) is 5.91 Å². The lowest BCUT2D eigenvalue weighted by atomic mass is 9.84. The van der Waals surface area contributed by atoms with E-state index >= 15 is 0 Å². The van der Waals surface area contributed by atoms with E-state index in [1.807, 2.05) is 35.7 Å². The van der Waals surface area contributed by atoms with Crippen LogP contribution in [0.3, 0.4) is 0 Å². The molecule has 2 N–H and O–H groups in total. The summed E-state index contributed by atoms with van der Waals surface area (Å²) in [6.07, 6.45) is 1.02. The number of hydrogen-bond acceptors (Lipinski definition) is 4. The lowest BCUT2D eigenvalue weighted by molar-refractivity contribution is -0.128. The van der Waals surface area contributed by atoms with E-state index in [0.717, 1.165) is 4.88 Å². The summed E-state index contributed by atoms with van der Waals surface area (Å²) < 4.78 is 0. The van der Waals surface area contributed by atoms with E-state index in [9.17, 15) is 14.4 Å². The number of rotatable bonds is 4. The molecule has 1 aromatic heterocycles. The summed E-state index contributed by atoms with van der Waals surface area (Å²) in [5.74, 6) is -0.352. The van der Waals surface area contributed by atoms with Gasteiger partial charge in [-0.2, -0.15) is 0 Å². The average Bonchev–Trinajstić information content (AvgIpc) is 3.42. The topological polar surface area (TPSA) is 78.5 Å². The zero-order valence-corrected chi connectivity index (χ0v) is 15.6. The number of carbonyl (C=O) groups is 3. The number of carbonyl (C=O) groups excluding carboxylic acids is 3. The molecule has 2 aliphatic rings. The molecule has 4 rings (SSSR count). The Bertz CT molecular complexity index is 853. The van der Waals surface area contributed by atoms with E-state index in [2.05, 4.69) is 10.6 Å². The van der Waals surface area contributed by atoms with Crippen LogP contribution in [-0.2, 0) is 16.1 Å². The van der Waals surface area contributed by atoms with E-state index in [-0.39, 0.29) is 17.7 Å². The van der Waals surface area contributed by atoms with Crippen LogP contribution in [-0.4, -0.2) is 41.8 Å². The van der Waals surface area contributed by atoms with Crippen LogP contribution in [0, 0.1) is 5.41 Å². The molecule has 3 heterocycles. The first-order chi connectivity index (χ1) is 13.1. The van der Waals surface area contributed by atoms with Crippen molar-refractivity contribution in [3.63, 3.8) is 0 Å². The maximum atomic E-state index is 12.7. The molecule has 0 aliphatic carbocycles. The molecule has 6 nitrogen and oxygen atoms in total. The van der Waals surface area contributed by atoms with Crippen molar-refractivity contribution in [3.05, 3.63) is 58.3 Å². The second-order valence-electron chi connectivity index (χ2n) is 7.15. The maximum Gasteiger partial charge on any atom is 0.253 e. The molecule has 2 saturated heterocycles. The largest absolute Gasteiger partial charge is 0.349 e. The second-order valence-corrected chi connectivity index (χ2v) is 8.18. The summed E-state index contributed by atoms with van der Waals surface area (Å²) in [6.45, 7) is 1.36. The molecule has 1 aromatic carbocycles. The molecule has 27 heavy (non-hydrogen) atoms. The zero-order valence-electron chi connectivity index (χ0n) is 14.8. The lowest BCUT2D eigenvalue weighted by Crippen LogP contribution is -2.41. The minimum Gasteiger partial charge on any atom is -0.349 e. The Kier molecular flexibility index (Phi) is 4.70. The van der Waals surface area contributed by atoms with Crippen LogP contribution in [0.25, 0.3) is 0 Å². The molecular weight excluding hydrogens is 362 g/mol. The first-order valence-corrected chi connectivity index (χ1v) is 9.91. The number of nitrogens with one attached hydrogen (secondary N) is 2. The van der Waals surface area contributed by atoms with Crippen LogP contribution < -0.4 is 10.6 Å². The summed E-state index contributed by atoms with van der Waals surface area (Å²) >= 11 is 1.58. The fourth-order valence-electron chi connectivity index (χ4n) is 3.88. The van der Waals surface area contributed by atoms with E-state index in [1.54, 1.807) is 28.4 Å². The van der Waals surface area contributed by atoms with Crippen LogP contribution in [0.15, 0.2) is 47.8 Å². The molecule has 0 unspecified atom stereocenters. The SMILES string of the molecule is O=C(NCc1cccs1)[C@@H]1C[C@@]2(CCN(C(=O)c3ccccc3)C2)C(=O)N1. The highest BCUT2D eigenvalue weighted by molar-refractivity contribution is 7.09. The molecule has 2 aliphatic heterocycles. The van der Waals surface area contributed by atoms with Crippen molar-refractivity contribution in [1.82, 2.24) is 15.5 Å². The first-order valence-electron chi connectivity index (χ1n) is 9.03. The molecule has 140 valence electrons. The quantitative estimate of drug-likeness (QED) is 0.845. The lowest BCUT2D eigenvalue weighted by Gasteiger charge is -2.21. The van der Waals surface area contributed by atoms with E-state index in [0.29, 0.717) is 38.0 Å². The van der Waals surface area contributed by atoms with Gasteiger partial charge in [-0.1, -0.05) is 24.3 Å². The maximum absolute atomic E-state index is 12.7. The molecule has 0 saturated carbocycles. The number of nitrogens with zero attached hydrogens (tertiary/aromatic N) is 1. The van der Waals surface area contributed by atoms with Gasteiger partial charge in [0, 0.05) is 23.5 Å². The number of hydrogen-bond donors (Lipinski definition) is 2. The van der Waals surface area contributed by atoms with Gasteiger partial charge in [-0.25, -0.2) is 0 Å². The van der Waals surface area contributed by atoms with Gasteiger partial charge in [0.1, 0.15) is 6.04 Å².